The Balaban J connectivity index is 1.60. The molecule has 1 aromatic carbocycles. The standard InChI is InChI=1S/C17H21NO4/c19-15(14-10-12-6-2-3-7-13(12)22-14)18-11-17(16(20)21)8-4-1-5-9-17/h2-3,6-7,14H,1,4-5,8-11H2,(H,18,19)(H,20,21). The first kappa shape index (κ1) is 14.9. The molecule has 1 amide bonds. The van der Waals surface area contributed by atoms with Gasteiger partial charge in [-0.05, 0) is 24.5 Å². The van der Waals surface area contributed by atoms with Crippen molar-refractivity contribution in [2.45, 2.75) is 44.6 Å². The second-order valence-electron chi connectivity index (χ2n) is 6.28. The predicted molar refractivity (Wildman–Crippen MR) is 80.7 cm³/mol. The number of rotatable bonds is 4. The van der Waals surface area contributed by atoms with Crippen LogP contribution in [-0.4, -0.2) is 29.6 Å². The number of benzene rings is 1. The van der Waals surface area contributed by atoms with E-state index < -0.39 is 17.5 Å². The molecule has 2 aliphatic rings. The van der Waals surface area contributed by atoms with Crippen molar-refractivity contribution in [2.75, 3.05) is 6.54 Å². The lowest BCUT2D eigenvalue weighted by atomic mass is 9.74. The molecule has 118 valence electrons. The van der Waals surface area contributed by atoms with E-state index in [-0.39, 0.29) is 12.5 Å². The zero-order valence-electron chi connectivity index (χ0n) is 12.5. The topological polar surface area (TPSA) is 75.6 Å². The fourth-order valence-corrected chi connectivity index (χ4v) is 3.39. The second kappa shape index (κ2) is 5.99. The average molecular weight is 303 g/mol. The van der Waals surface area contributed by atoms with E-state index in [0.29, 0.717) is 19.3 Å². The molecule has 1 saturated carbocycles. The number of ether oxygens (including phenoxy) is 1. The molecule has 0 saturated heterocycles. The van der Waals surface area contributed by atoms with Gasteiger partial charge in [-0.25, -0.2) is 0 Å². The van der Waals surface area contributed by atoms with E-state index in [1.165, 1.54) is 0 Å². The molecule has 0 bridgehead atoms. The maximum absolute atomic E-state index is 12.3. The van der Waals surface area contributed by atoms with Gasteiger partial charge in [0.1, 0.15) is 5.75 Å². The smallest absolute Gasteiger partial charge is 0.311 e. The van der Waals surface area contributed by atoms with Crippen LogP contribution in [-0.2, 0) is 16.0 Å². The van der Waals surface area contributed by atoms with E-state index in [4.69, 9.17) is 4.74 Å². The SMILES string of the molecule is O=C(NCC1(C(=O)O)CCCCC1)C1Cc2ccccc2O1. The maximum Gasteiger partial charge on any atom is 0.311 e. The minimum absolute atomic E-state index is 0.192. The van der Waals surface area contributed by atoms with Crippen molar-refractivity contribution in [1.29, 1.82) is 0 Å². The number of carboxylic acids is 1. The molecule has 1 aliphatic carbocycles. The first-order chi connectivity index (χ1) is 10.6. The Morgan fingerprint density at radius 3 is 2.64 bits per heavy atom. The van der Waals surface area contributed by atoms with Gasteiger partial charge in [0.05, 0.1) is 5.41 Å². The van der Waals surface area contributed by atoms with Crippen LogP contribution in [0.4, 0.5) is 0 Å². The molecule has 5 nitrogen and oxygen atoms in total. The van der Waals surface area contributed by atoms with Gasteiger partial charge in [-0.2, -0.15) is 0 Å². The number of hydrogen-bond acceptors (Lipinski definition) is 3. The van der Waals surface area contributed by atoms with Crippen LogP contribution < -0.4 is 10.1 Å². The summed E-state index contributed by atoms with van der Waals surface area (Å²) in [6, 6.07) is 7.59. The lowest BCUT2D eigenvalue weighted by molar-refractivity contribution is -0.151. The maximum atomic E-state index is 12.3. The molecular formula is C17H21NO4. The van der Waals surface area contributed by atoms with Gasteiger partial charge in [-0.3, -0.25) is 9.59 Å². The highest BCUT2D eigenvalue weighted by molar-refractivity contribution is 5.83. The number of nitrogens with one attached hydrogen (secondary N) is 1. The fraction of sp³-hybridized carbons (Fsp3) is 0.529. The highest BCUT2D eigenvalue weighted by atomic mass is 16.5. The fourth-order valence-electron chi connectivity index (χ4n) is 3.39. The summed E-state index contributed by atoms with van der Waals surface area (Å²) in [6.07, 6.45) is 4.16. The summed E-state index contributed by atoms with van der Waals surface area (Å²) in [5.41, 5.74) is 0.215. The largest absolute Gasteiger partial charge is 0.481 e. The van der Waals surface area contributed by atoms with Crippen LogP contribution in [0, 0.1) is 5.41 Å². The van der Waals surface area contributed by atoms with Gasteiger partial charge < -0.3 is 15.2 Å². The van der Waals surface area contributed by atoms with Crippen LogP contribution in [0.1, 0.15) is 37.7 Å². The first-order valence-corrected chi connectivity index (χ1v) is 7.86. The summed E-state index contributed by atoms with van der Waals surface area (Å²) in [5.74, 6) is -0.279. The second-order valence-corrected chi connectivity index (χ2v) is 6.28. The Morgan fingerprint density at radius 2 is 1.95 bits per heavy atom. The molecule has 3 rings (SSSR count). The summed E-state index contributed by atoms with van der Waals surface area (Å²) in [7, 11) is 0. The molecule has 0 aromatic heterocycles. The van der Waals surface area contributed by atoms with E-state index in [2.05, 4.69) is 5.32 Å². The minimum Gasteiger partial charge on any atom is -0.481 e. The van der Waals surface area contributed by atoms with Crippen molar-refractivity contribution in [3.05, 3.63) is 29.8 Å². The molecule has 1 aliphatic heterocycles. The van der Waals surface area contributed by atoms with Crippen molar-refractivity contribution in [2.24, 2.45) is 5.41 Å². The third kappa shape index (κ3) is 2.80. The summed E-state index contributed by atoms with van der Waals surface area (Å²) in [6.45, 7) is 0.192. The molecule has 0 spiro atoms. The number of carbonyl (C=O) groups is 2. The molecule has 2 N–H and O–H groups in total. The molecular weight excluding hydrogens is 282 g/mol. The Bertz CT molecular complexity index is 553. The minimum atomic E-state index is -0.806. The number of fused-ring (bicyclic) bond motifs is 1. The molecule has 1 fully saturated rings. The number of para-hydroxylation sites is 1. The van der Waals surface area contributed by atoms with Crippen LogP contribution in [0.3, 0.4) is 0 Å². The van der Waals surface area contributed by atoms with Gasteiger partial charge in [0.15, 0.2) is 6.10 Å². The molecule has 1 heterocycles. The Hall–Kier alpha value is -2.04. The Labute approximate surface area is 129 Å². The van der Waals surface area contributed by atoms with Crippen molar-refractivity contribution < 1.29 is 19.4 Å². The highest BCUT2D eigenvalue weighted by Gasteiger charge is 2.40. The monoisotopic (exact) mass is 303 g/mol. The van der Waals surface area contributed by atoms with E-state index in [1.54, 1.807) is 0 Å². The molecule has 1 aromatic rings. The van der Waals surface area contributed by atoms with Crippen LogP contribution in [0.5, 0.6) is 5.75 Å². The quantitative estimate of drug-likeness (QED) is 0.893. The summed E-state index contributed by atoms with van der Waals surface area (Å²) >= 11 is 0. The Kier molecular flexibility index (Phi) is 4.05. The van der Waals surface area contributed by atoms with Gasteiger partial charge >= 0.3 is 5.97 Å². The Morgan fingerprint density at radius 1 is 1.23 bits per heavy atom. The van der Waals surface area contributed by atoms with Gasteiger partial charge in [0.2, 0.25) is 0 Å². The number of hydrogen-bond donors (Lipinski definition) is 2. The number of carboxylic acid groups (broad SMARTS) is 1. The molecule has 22 heavy (non-hydrogen) atoms. The third-order valence-electron chi connectivity index (χ3n) is 4.80. The summed E-state index contributed by atoms with van der Waals surface area (Å²) in [4.78, 5) is 23.9. The summed E-state index contributed by atoms with van der Waals surface area (Å²) in [5, 5.41) is 12.3. The third-order valence-corrected chi connectivity index (χ3v) is 4.80. The number of amides is 1. The van der Waals surface area contributed by atoms with Crippen LogP contribution in [0.2, 0.25) is 0 Å². The van der Waals surface area contributed by atoms with Gasteiger partial charge in [-0.15, -0.1) is 0 Å². The normalized spacial score (nSPS) is 22.5. The number of aliphatic carboxylic acids is 1. The van der Waals surface area contributed by atoms with Crippen molar-refractivity contribution >= 4 is 11.9 Å². The summed E-state index contributed by atoms with van der Waals surface area (Å²) < 4.78 is 5.64. The van der Waals surface area contributed by atoms with Crippen molar-refractivity contribution in [3.63, 3.8) is 0 Å². The van der Waals surface area contributed by atoms with Crippen LogP contribution in [0.15, 0.2) is 24.3 Å². The lowest BCUT2D eigenvalue weighted by Crippen LogP contribution is -2.47. The van der Waals surface area contributed by atoms with Gasteiger partial charge in [0.25, 0.3) is 5.91 Å². The first-order valence-electron chi connectivity index (χ1n) is 7.86. The predicted octanol–water partition coefficient (Wildman–Crippen LogP) is 2.14. The highest BCUT2D eigenvalue weighted by Crippen LogP contribution is 2.36. The van der Waals surface area contributed by atoms with Gasteiger partial charge in [0, 0.05) is 13.0 Å². The molecule has 1 unspecified atom stereocenters. The zero-order chi connectivity index (χ0) is 15.6. The van der Waals surface area contributed by atoms with Crippen LogP contribution in [0.25, 0.3) is 0 Å². The van der Waals surface area contributed by atoms with Crippen LogP contribution >= 0.6 is 0 Å². The van der Waals surface area contributed by atoms with Crippen molar-refractivity contribution in [3.8, 4) is 5.75 Å². The van der Waals surface area contributed by atoms with E-state index in [1.807, 2.05) is 24.3 Å². The van der Waals surface area contributed by atoms with E-state index in [9.17, 15) is 14.7 Å². The van der Waals surface area contributed by atoms with E-state index in [0.717, 1.165) is 30.6 Å². The molecule has 1 atom stereocenters. The lowest BCUT2D eigenvalue weighted by Gasteiger charge is -2.33. The van der Waals surface area contributed by atoms with E-state index >= 15 is 0 Å². The van der Waals surface area contributed by atoms with Gasteiger partial charge in [-0.1, -0.05) is 37.5 Å². The number of carbonyl (C=O) groups excluding carboxylic acids is 1. The average Bonchev–Trinajstić information content (AvgIpc) is 2.97. The molecule has 5 heteroatoms. The molecule has 0 radical (unpaired) electrons. The van der Waals surface area contributed by atoms with Crippen molar-refractivity contribution in [1.82, 2.24) is 5.32 Å². The zero-order valence-corrected chi connectivity index (χ0v) is 12.5.